The standard InChI is InChI=1S/C43H75N3O9/c1-3-5-7-9-11-13-15-16-17-19-21-26-30-45(42(51)53-31-27-22-20-18-14-12-10-8-6-4-2)41-38(40(50)39(49)36(33-47)55-41)46(37(48)32-44)43(52)54-34-35-28-24-23-25-29-35/h23-25,28-29,36,38-41,47,49-50H,3-22,26-27,30-34,44H2,1-2H3/t36-,38-,39-,40-,41-/m1/s1. The fourth-order valence-corrected chi connectivity index (χ4v) is 7.17. The van der Waals surface area contributed by atoms with Crippen LogP contribution in [0.4, 0.5) is 9.59 Å². The predicted octanol–water partition coefficient (Wildman–Crippen LogP) is 7.98. The SMILES string of the molecule is CCCCCCCCCCCCCCN(C(=O)OCCCCCCCCCCCC)[C@@H]1O[C@H](CO)[C@@H](O)[C@H](O)[C@H]1N(C(=O)CN)C(=O)OCc1ccccc1. The number of benzene rings is 1. The Hall–Kier alpha value is -2.77. The summed E-state index contributed by atoms with van der Waals surface area (Å²) in [5, 5.41) is 32.5. The molecule has 1 saturated heterocycles. The maximum Gasteiger partial charge on any atom is 0.417 e. The molecule has 316 valence electrons. The Labute approximate surface area is 331 Å². The molecule has 1 heterocycles. The third-order valence-electron chi connectivity index (χ3n) is 10.5. The molecule has 2 rings (SSSR count). The van der Waals surface area contributed by atoms with Crippen molar-refractivity contribution in [2.45, 2.75) is 192 Å². The molecule has 0 radical (unpaired) electrons. The molecule has 5 atom stereocenters. The number of hydrogen-bond acceptors (Lipinski definition) is 10. The number of nitrogens with zero attached hydrogens (tertiary/aromatic N) is 2. The summed E-state index contributed by atoms with van der Waals surface area (Å²) in [6, 6.07) is 7.28. The number of imide groups is 1. The second-order valence-corrected chi connectivity index (χ2v) is 15.1. The lowest BCUT2D eigenvalue weighted by molar-refractivity contribution is -0.240. The summed E-state index contributed by atoms with van der Waals surface area (Å²) >= 11 is 0. The summed E-state index contributed by atoms with van der Waals surface area (Å²) in [4.78, 5) is 42.7. The average Bonchev–Trinajstić information content (AvgIpc) is 3.20. The van der Waals surface area contributed by atoms with E-state index >= 15 is 0 Å². The van der Waals surface area contributed by atoms with Crippen LogP contribution in [0.25, 0.3) is 0 Å². The molecule has 0 spiro atoms. The van der Waals surface area contributed by atoms with Crippen LogP contribution in [0.1, 0.15) is 161 Å². The zero-order valence-corrected chi connectivity index (χ0v) is 34.1. The largest absolute Gasteiger partial charge is 0.449 e. The van der Waals surface area contributed by atoms with Gasteiger partial charge in [0, 0.05) is 6.54 Å². The van der Waals surface area contributed by atoms with Crippen LogP contribution in [-0.4, -0.2) is 100 Å². The van der Waals surface area contributed by atoms with E-state index in [2.05, 4.69) is 13.8 Å². The number of unbranched alkanes of at least 4 members (excludes halogenated alkanes) is 20. The molecule has 1 fully saturated rings. The molecule has 12 nitrogen and oxygen atoms in total. The molecule has 1 aliphatic heterocycles. The first-order chi connectivity index (χ1) is 26.8. The van der Waals surface area contributed by atoms with Gasteiger partial charge in [-0.15, -0.1) is 0 Å². The Kier molecular flexibility index (Phi) is 26.7. The van der Waals surface area contributed by atoms with E-state index in [1.165, 1.54) is 88.4 Å². The minimum atomic E-state index is -1.80. The minimum Gasteiger partial charge on any atom is -0.449 e. The highest BCUT2D eigenvalue weighted by molar-refractivity contribution is 5.93. The van der Waals surface area contributed by atoms with Crippen molar-refractivity contribution in [1.29, 1.82) is 0 Å². The number of rotatable bonds is 30. The Balaban J connectivity index is 2.15. The molecule has 3 amide bonds. The van der Waals surface area contributed by atoms with Crippen LogP contribution in [0, 0.1) is 0 Å². The number of carbonyl (C=O) groups excluding carboxylic acids is 3. The van der Waals surface area contributed by atoms with Crippen LogP contribution in [0.15, 0.2) is 30.3 Å². The number of ether oxygens (including phenoxy) is 3. The van der Waals surface area contributed by atoms with Gasteiger partial charge in [0.15, 0.2) is 6.23 Å². The fraction of sp³-hybridized carbons (Fsp3) is 0.791. The van der Waals surface area contributed by atoms with Crippen molar-refractivity contribution < 1.29 is 43.9 Å². The van der Waals surface area contributed by atoms with Gasteiger partial charge in [-0.25, -0.2) is 14.5 Å². The van der Waals surface area contributed by atoms with Gasteiger partial charge in [-0.2, -0.15) is 0 Å². The van der Waals surface area contributed by atoms with Crippen molar-refractivity contribution in [3.63, 3.8) is 0 Å². The number of hydrogen-bond donors (Lipinski definition) is 4. The van der Waals surface area contributed by atoms with Crippen molar-refractivity contribution in [2.24, 2.45) is 5.73 Å². The van der Waals surface area contributed by atoms with E-state index in [9.17, 15) is 29.7 Å². The maximum absolute atomic E-state index is 13.9. The molecular formula is C43H75N3O9. The van der Waals surface area contributed by atoms with Gasteiger partial charge in [0.25, 0.3) is 0 Å². The predicted molar refractivity (Wildman–Crippen MR) is 215 cm³/mol. The smallest absolute Gasteiger partial charge is 0.417 e. The molecule has 55 heavy (non-hydrogen) atoms. The van der Waals surface area contributed by atoms with E-state index in [0.29, 0.717) is 23.3 Å². The number of amides is 3. The van der Waals surface area contributed by atoms with Gasteiger partial charge < -0.3 is 35.3 Å². The highest BCUT2D eigenvalue weighted by Crippen LogP contribution is 2.30. The highest BCUT2D eigenvalue weighted by atomic mass is 16.6. The normalized spacial score (nSPS) is 19.6. The lowest BCUT2D eigenvalue weighted by atomic mass is 9.94. The Morgan fingerprint density at radius 1 is 0.673 bits per heavy atom. The number of carbonyl (C=O) groups is 3. The van der Waals surface area contributed by atoms with Crippen molar-refractivity contribution >= 4 is 18.1 Å². The molecule has 0 aromatic heterocycles. The molecule has 0 bridgehead atoms. The van der Waals surface area contributed by atoms with E-state index in [4.69, 9.17) is 19.9 Å². The van der Waals surface area contributed by atoms with Crippen LogP contribution in [0.5, 0.6) is 0 Å². The summed E-state index contributed by atoms with van der Waals surface area (Å²) < 4.78 is 17.3. The van der Waals surface area contributed by atoms with Crippen molar-refractivity contribution in [2.75, 3.05) is 26.3 Å². The summed E-state index contributed by atoms with van der Waals surface area (Å²) in [6.07, 6.45) is 16.7. The molecular weight excluding hydrogens is 702 g/mol. The first kappa shape index (κ1) is 48.4. The number of aliphatic hydroxyl groups excluding tert-OH is 3. The number of aliphatic hydroxyl groups is 3. The van der Waals surface area contributed by atoms with Gasteiger partial charge in [-0.05, 0) is 18.4 Å². The molecule has 1 aromatic rings. The molecule has 0 saturated carbocycles. The van der Waals surface area contributed by atoms with Crippen LogP contribution in [-0.2, 0) is 25.6 Å². The summed E-state index contributed by atoms with van der Waals surface area (Å²) in [5.41, 5.74) is 6.41. The van der Waals surface area contributed by atoms with E-state index < -0.39 is 61.8 Å². The summed E-state index contributed by atoms with van der Waals surface area (Å²) in [5.74, 6) is -0.894. The zero-order valence-electron chi connectivity index (χ0n) is 34.1. The van der Waals surface area contributed by atoms with Crippen molar-refractivity contribution in [3.8, 4) is 0 Å². The Morgan fingerprint density at radius 3 is 1.65 bits per heavy atom. The van der Waals surface area contributed by atoms with Gasteiger partial charge >= 0.3 is 12.2 Å². The van der Waals surface area contributed by atoms with Gasteiger partial charge in [0.05, 0.1) is 19.8 Å². The van der Waals surface area contributed by atoms with Crippen LogP contribution in [0.2, 0.25) is 0 Å². The molecule has 1 aromatic carbocycles. The monoisotopic (exact) mass is 778 g/mol. The third kappa shape index (κ3) is 18.8. The van der Waals surface area contributed by atoms with Crippen LogP contribution in [0.3, 0.4) is 0 Å². The van der Waals surface area contributed by atoms with Gasteiger partial charge in [0.1, 0.15) is 31.0 Å². The Bertz CT molecular complexity index is 1140. The zero-order chi connectivity index (χ0) is 40.1. The van der Waals surface area contributed by atoms with Gasteiger partial charge in [-0.1, -0.05) is 173 Å². The molecule has 0 unspecified atom stereocenters. The molecule has 12 heteroatoms. The minimum absolute atomic E-state index is 0.139. The first-order valence-electron chi connectivity index (χ1n) is 21.6. The molecule has 1 aliphatic rings. The second-order valence-electron chi connectivity index (χ2n) is 15.1. The number of nitrogens with two attached hydrogens (primary N) is 1. The molecule has 5 N–H and O–H groups in total. The van der Waals surface area contributed by atoms with Gasteiger partial charge in [0.2, 0.25) is 5.91 Å². The van der Waals surface area contributed by atoms with E-state index in [-0.39, 0.29) is 19.8 Å². The summed E-state index contributed by atoms with van der Waals surface area (Å²) in [6.45, 7) is 3.29. The van der Waals surface area contributed by atoms with E-state index in [1.807, 2.05) is 6.07 Å². The van der Waals surface area contributed by atoms with Gasteiger partial charge in [-0.3, -0.25) is 9.69 Å². The van der Waals surface area contributed by atoms with E-state index in [1.54, 1.807) is 24.3 Å². The van der Waals surface area contributed by atoms with Crippen molar-refractivity contribution in [1.82, 2.24) is 9.80 Å². The lowest BCUT2D eigenvalue weighted by Crippen LogP contribution is -2.70. The lowest BCUT2D eigenvalue weighted by Gasteiger charge is -2.48. The first-order valence-corrected chi connectivity index (χ1v) is 21.6. The fourth-order valence-electron chi connectivity index (χ4n) is 7.17. The maximum atomic E-state index is 13.9. The highest BCUT2D eigenvalue weighted by Gasteiger charge is 2.53. The quantitative estimate of drug-likeness (QED) is 0.0562. The topological polar surface area (TPSA) is 172 Å². The van der Waals surface area contributed by atoms with Crippen LogP contribution >= 0.6 is 0 Å². The van der Waals surface area contributed by atoms with E-state index in [0.717, 1.165) is 44.9 Å². The average molecular weight is 778 g/mol. The Morgan fingerprint density at radius 2 is 1.16 bits per heavy atom. The van der Waals surface area contributed by atoms with Crippen LogP contribution < -0.4 is 5.73 Å². The summed E-state index contributed by atoms with van der Waals surface area (Å²) in [7, 11) is 0. The molecule has 0 aliphatic carbocycles. The van der Waals surface area contributed by atoms with Crippen molar-refractivity contribution in [3.05, 3.63) is 35.9 Å². The second kappa shape index (κ2) is 30.4. The third-order valence-corrected chi connectivity index (χ3v) is 10.5.